The molecule has 4 N–H and O–H groups in total. The zero-order valence-corrected chi connectivity index (χ0v) is 26.4. The van der Waals surface area contributed by atoms with Gasteiger partial charge >= 0.3 is 0 Å². The Bertz CT molecular complexity index is 855. The molecule has 0 atom stereocenters. The summed E-state index contributed by atoms with van der Waals surface area (Å²) < 4.78 is 10.4. The number of para-hydroxylation sites is 2. The van der Waals surface area contributed by atoms with Crippen molar-refractivity contribution in [3.8, 4) is 23.0 Å². The van der Waals surface area contributed by atoms with Crippen molar-refractivity contribution in [3.63, 3.8) is 0 Å². The van der Waals surface area contributed by atoms with E-state index in [1.54, 1.807) is 48.8 Å². The summed E-state index contributed by atoms with van der Waals surface area (Å²) in [5.74, 6) is 0.456. The third-order valence-corrected chi connectivity index (χ3v) is 4.49. The molecular weight excluding hydrogens is 630 g/mol. The molecule has 0 bridgehead atoms. The van der Waals surface area contributed by atoms with E-state index in [1.165, 1.54) is 0 Å². The number of nitrogens with one attached hydrogen (secondary N) is 2. The van der Waals surface area contributed by atoms with Gasteiger partial charge in [-0.2, -0.15) is 0 Å². The molecule has 0 fully saturated rings. The van der Waals surface area contributed by atoms with Crippen molar-refractivity contribution in [1.29, 1.82) is 0 Å². The Balaban J connectivity index is -0.000000135. The van der Waals surface area contributed by atoms with E-state index in [0.717, 1.165) is 0 Å². The molecule has 0 heterocycles. The van der Waals surface area contributed by atoms with Crippen LogP contribution >= 0.6 is 0 Å². The maximum Gasteiger partial charge on any atom is 0.112 e. The first kappa shape index (κ1) is 52.5. The smallest absolute Gasteiger partial charge is 0.112 e. The summed E-state index contributed by atoms with van der Waals surface area (Å²) in [6.45, 7) is 8.46. The minimum Gasteiger partial charge on any atom is -2.00 e. The molecule has 0 aromatic heterocycles. The van der Waals surface area contributed by atoms with Gasteiger partial charge in [0.1, 0.15) is 11.5 Å². The van der Waals surface area contributed by atoms with Gasteiger partial charge in [-0.25, -0.2) is 0 Å². The van der Waals surface area contributed by atoms with Gasteiger partial charge in [-0.05, 0) is 37.1 Å². The van der Waals surface area contributed by atoms with Crippen molar-refractivity contribution in [2.24, 2.45) is 9.98 Å². The molecule has 2 aromatic carbocycles. The molecule has 0 amide bonds. The fraction of sp³-hybridized carbons (Fsp3) is 0.462. The number of hydrogen-bond donors (Lipinski definition) is 4. The van der Waals surface area contributed by atoms with Gasteiger partial charge in [-0.15, -0.1) is 0 Å². The van der Waals surface area contributed by atoms with E-state index < -0.39 is 0 Å². The first-order chi connectivity index (χ1) is 17.6. The molecule has 0 aliphatic heterocycles. The molecular formula is C26H38N4O10V2-10. The van der Waals surface area contributed by atoms with Crippen LogP contribution in [0.3, 0.4) is 0 Å². The molecule has 2 rings (SSSR count). The second-order valence-electron chi connectivity index (χ2n) is 7.23. The predicted molar refractivity (Wildman–Crippen MR) is 142 cm³/mol. The van der Waals surface area contributed by atoms with Gasteiger partial charge in [0.05, 0.1) is 39.5 Å². The van der Waals surface area contributed by atoms with Gasteiger partial charge in [-0.3, -0.25) is 9.98 Å². The van der Waals surface area contributed by atoms with E-state index in [4.69, 9.17) is 19.7 Å². The molecule has 0 spiro atoms. The van der Waals surface area contributed by atoms with Crippen LogP contribution < -0.4 is 30.3 Å². The molecule has 0 saturated heterocycles. The van der Waals surface area contributed by atoms with E-state index in [9.17, 15) is 10.2 Å². The fourth-order valence-corrected chi connectivity index (χ4v) is 2.83. The maximum atomic E-state index is 11.9. The number of aliphatic hydroxyl groups is 2. The Hall–Kier alpha value is -2.17. The topological polar surface area (TPSA) is 268 Å². The molecule has 242 valence electrons. The number of rotatable bonds is 16. The number of ether oxygens (including phenoxy) is 2. The van der Waals surface area contributed by atoms with Crippen molar-refractivity contribution >= 4 is 12.4 Å². The zero-order valence-electron chi connectivity index (χ0n) is 23.6. The van der Waals surface area contributed by atoms with Crippen LogP contribution in [0.5, 0.6) is 23.0 Å². The minimum absolute atomic E-state index is 0. The Labute approximate surface area is 271 Å². The predicted octanol–water partition coefficient (Wildman–Crippen LogP) is -0.161. The third kappa shape index (κ3) is 22.4. The molecule has 14 nitrogen and oxygen atoms in total. The first-order valence-electron chi connectivity index (χ1n) is 12.1. The second-order valence-corrected chi connectivity index (χ2v) is 7.23. The van der Waals surface area contributed by atoms with Crippen LogP contribution in [0.25, 0.3) is 0 Å². The second kappa shape index (κ2) is 35.0. The van der Waals surface area contributed by atoms with E-state index in [-0.39, 0.29) is 83.7 Å². The van der Waals surface area contributed by atoms with Crippen LogP contribution in [0.15, 0.2) is 46.4 Å². The molecule has 0 saturated carbocycles. The Morgan fingerprint density at radius 3 is 1.33 bits per heavy atom. The van der Waals surface area contributed by atoms with Crippen molar-refractivity contribution in [2.45, 2.75) is 13.8 Å². The largest absolute Gasteiger partial charge is 2.00 e. The average Bonchev–Trinajstić information content (AvgIpc) is 2.88. The summed E-state index contributed by atoms with van der Waals surface area (Å²) in [7, 11) is 0. The Morgan fingerprint density at radius 2 is 1.02 bits per heavy atom. The molecule has 42 heavy (non-hydrogen) atoms. The Kier molecular flexibility index (Phi) is 43.8. The summed E-state index contributed by atoms with van der Waals surface area (Å²) in [5.41, 5.74) is 1.06. The van der Waals surface area contributed by atoms with Crippen LogP contribution in [0.1, 0.15) is 25.0 Å². The van der Waals surface area contributed by atoms with E-state index in [1.807, 2.05) is 13.8 Å². The van der Waals surface area contributed by atoms with Crippen molar-refractivity contribution in [3.05, 3.63) is 47.5 Å². The Morgan fingerprint density at radius 1 is 0.667 bits per heavy atom. The first-order valence-corrected chi connectivity index (χ1v) is 12.1. The third-order valence-electron chi connectivity index (χ3n) is 4.49. The molecule has 0 aliphatic rings. The average molecular weight is 668 g/mol. The fourth-order valence-electron chi connectivity index (χ4n) is 2.83. The summed E-state index contributed by atoms with van der Waals surface area (Å²) in [5, 5.41) is 46.8. The van der Waals surface area contributed by atoms with Gasteiger partial charge in [0.2, 0.25) is 0 Å². The molecule has 0 unspecified atom stereocenters. The molecule has 0 aliphatic carbocycles. The number of hydrogen-bond acceptors (Lipinski definition) is 10. The van der Waals surface area contributed by atoms with Crippen molar-refractivity contribution < 1.29 is 88.9 Å². The maximum absolute atomic E-state index is 11.9. The monoisotopic (exact) mass is 668 g/mol. The van der Waals surface area contributed by atoms with Crippen molar-refractivity contribution in [2.75, 3.05) is 65.7 Å². The standard InChI is InChI=1S/2C13H20N2O3.4O.2V/c2*1-2-18-12-5-3-4-11(13(12)17)10-15-7-6-14-8-9-16;;;;;;/h2*3-5,10,14,16-17H,2,6-9H2,1H3;;;;;;/q;;4*-2;;/p-2. The summed E-state index contributed by atoms with van der Waals surface area (Å²) >= 11 is 0. The van der Waals surface area contributed by atoms with Crippen LogP contribution in [0.4, 0.5) is 0 Å². The summed E-state index contributed by atoms with van der Waals surface area (Å²) in [4.78, 5) is 8.30. The van der Waals surface area contributed by atoms with E-state index in [2.05, 4.69) is 20.6 Å². The van der Waals surface area contributed by atoms with Crippen LogP contribution in [-0.2, 0) is 59.0 Å². The molecule has 2 radical (unpaired) electrons. The van der Waals surface area contributed by atoms with Gasteiger partial charge in [0.25, 0.3) is 0 Å². The van der Waals surface area contributed by atoms with Gasteiger partial charge in [0.15, 0.2) is 0 Å². The van der Waals surface area contributed by atoms with Gasteiger partial charge in [-0.1, -0.05) is 35.8 Å². The number of aliphatic imine (C=N–C) groups is 2. The zero-order chi connectivity index (χ0) is 26.4. The normalized spacial score (nSPS) is 9.43. The molecule has 2 aromatic rings. The SMILES string of the molecule is CCOc1cccc(C=NCCNCCO)c1[O-].CCOc1cccc(C=NCCNCCO)c1[O-].[O-2].[O-2].[O-2].[O-2].[V].[V]. The van der Waals surface area contributed by atoms with Crippen LogP contribution in [0, 0.1) is 0 Å². The van der Waals surface area contributed by atoms with Crippen LogP contribution in [0.2, 0.25) is 0 Å². The van der Waals surface area contributed by atoms with E-state index >= 15 is 0 Å². The molecule has 16 heteroatoms. The van der Waals surface area contributed by atoms with Gasteiger partial charge < -0.3 is 62.4 Å². The number of nitrogens with zero attached hydrogens (tertiary/aromatic N) is 2. The van der Waals surface area contributed by atoms with Crippen LogP contribution in [-0.4, -0.2) is 88.3 Å². The summed E-state index contributed by atoms with van der Waals surface area (Å²) in [6.07, 6.45) is 3.12. The number of aliphatic hydroxyl groups excluding tert-OH is 2. The van der Waals surface area contributed by atoms with Gasteiger partial charge in [0, 0.05) is 75.7 Å². The minimum atomic E-state index is -0.133. The number of benzene rings is 2. The van der Waals surface area contributed by atoms with E-state index in [0.29, 0.717) is 75.1 Å². The van der Waals surface area contributed by atoms with Crippen molar-refractivity contribution in [1.82, 2.24) is 10.6 Å². The summed E-state index contributed by atoms with van der Waals surface area (Å²) in [6, 6.07) is 10.3. The quantitative estimate of drug-likeness (QED) is 0.138.